The maximum absolute atomic E-state index is 12.8. The molecule has 0 aromatic heterocycles. The molecule has 1 aromatic carbocycles. The third kappa shape index (κ3) is 2.96. The van der Waals surface area contributed by atoms with Crippen molar-refractivity contribution in [2.45, 2.75) is 56.9 Å². The van der Waals surface area contributed by atoms with Crippen LogP contribution in [0.15, 0.2) is 24.3 Å². The van der Waals surface area contributed by atoms with Crippen molar-refractivity contribution in [2.75, 3.05) is 5.32 Å². The molecule has 1 aromatic rings. The van der Waals surface area contributed by atoms with E-state index in [9.17, 15) is 9.59 Å². The molecule has 0 heterocycles. The van der Waals surface area contributed by atoms with Crippen molar-refractivity contribution in [3.05, 3.63) is 29.8 Å². The zero-order chi connectivity index (χ0) is 17.0. The summed E-state index contributed by atoms with van der Waals surface area (Å²) in [4.78, 5) is 24.6. The maximum Gasteiger partial charge on any atom is 0.251 e. The van der Waals surface area contributed by atoms with E-state index < -0.39 is 0 Å². The van der Waals surface area contributed by atoms with Gasteiger partial charge in [0, 0.05) is 22.7 Å². The molecule has 0 spiro atoms. The van der Waals surface area contributed by atoms with Crippen molar-refractivity contribution in [3.8, 4) is 0 Å². The molecule has 4 heteroatoms. The molecule has 0 atom stereocenters. The molecule has 0 radical (unpaired) electrons. The number of carbonyl (C=O) groups is 2. The SMILES string of the molecule is O=C(NC12CC3CC(CC(C3)C1)C2)c1ccc(NC(=O)C2CC2)cc1. The molecule has 6 rings (SSSR count). The van der Waals surface area contributed by atoms with Crippen LogP contribution < -0.4 is 10.6 Å². The fourth-order valence-corrected chi connectivity index (χ4v) is 5.87. The summed E-state index contributed by atoms with van der Waals surface area (Å²) in [5.74, 6) is 2.82. The van der Waals surface area contributed by atoms with E-state index in [4.69, 9.17) is 0 Å². The van der Waals surface area contributed by atoms with Crippen LogP contribution in [-0.2, 0) is 4.79 Å². The summed E-state index contributed by atoms with van der Waals surface area (Å²) < 4.78 is 0. The molecule has 0 saturated heterocycles. The van der Waals surface area contributed by atoms with Gasteiger partial charge in [0.25, 0.3) is 5.91 Å². The van der Waals surface area contributed by atoms with Crippen LogP contribution in [0, 0.1) is 23.7 Å². The topological polar surface area (TPSA) is 58.2 Å². The first-order valence-corrected chi connectivity index (χ1v) is 9.82. The van der Waals surface area contributed by atoms with Gasteiger partial charge < -0.3 is 10.6 Å². The van der Waals surface area contributed by atoms with Crippen molar-refractivity contribution >= 4 is 17.5 Å². The van der Waals surface area contributed by atoms with E-state index in [1.54, 1.807) is 0 Å². The van der Waals surface area contributed by atoms with Crippen molar-refractivity contribution in [1.29, 1.82) is 0 Å². The highest BCUT2D eigenvalue weighted by molar-refractivity contribution is 5.97. The van der Waals surface area contributed by atoms with Gasteiger partial charge in [0.05, 0.1) is 0 Å². The van der Waals surface area contributed by atoms with Crippen LogP contribution in [0.4, 0.5) is 5.69 Å². The van der Waals surface area contributed by atoms with Crippen molar-refractivity contribution < 1.29 is 9.59 Å². The van der Waals surface area contributed by atoms with Gasteiger partial charge in [-0.05, 0) is 93.4 Å². The largest absolute Gasteiger partial charge is 0.347 e. The zero-order valence-corrected chi connectivity index (χ0v) is 14.6. The average Bonchev–Trinajstić information content (AvgIpc) is 3.38. The normalized spacial score (nSPS) is 35.4. The highest BCUT2D eigenvalue weighted by Crippen LogP contribution is 2.55. The third-order valence-electron chi connectivity index (χ3n) is 6.78. The second-order valence-corrected chi connectivity index (χ2v) is 8.99. The minimum Gasteiger partial charge on any atom is -0.347 e. The molecule has 25 heavy (non-hydrogen) atoms. The van der Waals surface area contributed by atoms with Crippen LogP contribution in [0.2, 0.25) is 0 Å². The van der Waals surface area contributed by atoms with E-state index in [0.717, 1.165) is 36.3 Å². The summed E-state index contributed by atoms with van der Waals surface area (Å²) in [5, 5.41) is 6.33. The number of amides is 2. The summed E-state index contributed by atoms with van der Waals surface area (Å²) in [7, 11) is 0. The Balaban J connectivity index is 1.26. The quantitative estimate of drug-likeness (QED) is 0.879. The summed E-state index contributed by atoms with van der Waals surface area (Å²) in [6, 6.07) is 7.35. The molecule has 2 N–H and O–H groups in total. The molecular weight excluding hydrogens is 312 g/mol. The molecule has 5 fully saturated rings. The van der Waals surface area contributed by atoms with Crippen molar-refractivity contribution in [1.82, 2.24) is 5.32 Å². The van der Waals surface area contributed by atoms with Gasteiger partial charge in [-0.3, -0.25) is 9.59 Å². The fourth-order valence-electron chi connectivity index (χ4n) is 5.87. The Labute approximate surface area is 148 Å². The molecule has 5 saturated carbocycles. The summed E-state index contributed by atoms with van der Waals surface area (Å²) in [6.07, 6.45) is 9.63. The van der Waals surface area contributed by atoms with Crippen LogP contribution in [-0.4, -0.2) is 17.4 Å². The number of carbonyl (C=O) groups excluding carboxylic acids is 2. The van der Waals surface area contributed by atoms with Crippen LogP contribution in [0.25, 0.3) is 0 Å². The van der Waals surface area contributed by atoms with Gasteiger partial charge in [-0.25, -0.2) is 0 Å². The smallest absolute Gasteiger partial charge is 0.251 e. The lowest BCUT2D eigenvalue weighted by Crippen LogP contribution is -2.59. The summed E-state index contributed by atoms with van der Waals surface area (Å²) in [6.45, 7) is 0. The van der Waals surface area contributed by atoms with Crippen LogP contribution in [0.3, 0.4) is 0 Å². The van der Waals surface area contributed by atoms with E-state index in [0.29, 0.717) is 5.56 Å². The maximum atomic E-state index is 12.8. The second kappa shape index (κ2) is 5.58. The van der Waals surface area contributed by atoms with E-state index >= 15 is 0 Å². The number of anilines is 1. The Bertz CT molecular complexity index is 670. The highest BCUT2D eigenvalue weighted by Gasteiger charge is 2.51. The Hall–Kier alpha value is -1.84. The number of hydrogen-bond donors (Lipinski definition) is 2. The molecule has 0 unspecified atom stereocenters. The van der Waals surface area contributed by atoms with Crippen LogP contribution in [0.5, 0.6) is 0 Å². The first kappa shape index (κ1) is 15.4. The predicted octanol–water partition coefficient (Wildman–Crippen LogP) is 3.73. The van der Waals surface area contributed by atoms with Crippen molar-refractivity contribution in [2.24, 2.45) is 23.7 Å². The third-order valence-corrected chi connectivity index (χ3v) is 6.78. The van der Waals surface area contributed by atoms with E-state index in [1.807, 2.05) is 24.3 Å². The molecule has 2 amide bonds. The number of rotatable bonds is 4. The van der Waals surface area contributed by atoms with Gasteiger partial charge in [0.2, 0.25) is 5.91 Å². The molecular formula is C21H26N2O2. The zero-order valence-electron chi connectivity index (χ0n) is 14.6. The van der Waals surface area contributed by atoms with Gasteiger partial charge >= 0.3 is 0 Å². The Morgan fingerprint density at radius 1 is 0.880 bits per heavy atom. The van der Waals surface area contributed by atoms with Gasteiger partial charge in [0.15, 0.2) is 0 Å². The standard InChI is InChI=1S/C21H26N2O2/c24-19(16-1-2-16)22-18-5-3-17(4-6-18)20(25)23-21-10-13-7-14(11-21)9-15(8-13)12-21/h3-6,13-16H,1-2,7-12H2,(H,22,24)(H,23,25). The average molecular weight is 338 g/mol. The lowest BCUT2D eigenvalue weighted by Gasteiger charge is -2.56. The van der Waals surface area contributed by atoms with Gasteiger partial charge in [0.1, 0.15) is 0 Å². The Kier molecular flexibility index (Phi) is 3.44. The number of benzene rings is 1. The minimum atomic E-state index is 0.0435. The monoisotopic (exact) mass is 338 g/mol. The first-order chi connectivity index (χ1) is 12.1. The summed E-state index contributed by atoms with van der Waals surface area (Å²) in [5.41, 5.74) is 1.52. The molecule has 5 aliphatic rings. The van der Waals surface area contributed by atoms with Gasteiger partial charge in [-0.15, -0.1) is 0 Å². The second-order valence-electron chi connectivity index (χ2n) is 8.99. The van der Waals surface area contributed by atoms with Crippen LogP contribution in [0.1, 0.15) is 61.7 Å². The molecule has 132 valence electrons. The Morgan fingerprint density at radius 2 is 1.44 bits per heavy atom. The van der Waals surface area contributed by atoms with Crippen molar-refractivity contribution in [3.63, 3.8) is 0 Å². The minimum absolute atomic E-state index is 0.0435. The molecule has 0 aliphatic heterocycles. The fraction of sp³-hybridized carbons (Fsp3) is 0.619. The van der Waals surface area contributed by atoms with Gasteiger partial charge in [-0.2, -0.15) is 0 Å². The predicted molar refractivity (Wildman–Crippen MR) is 96.2 cm³/mol. The lowest BCUT2D eigenvalue weighted by molar-refractivity contribution is -0.117. The summed E-state index contributed by atoms with van der Waals surface area (Å²) >= 11 is 0. The van der Waals surface area contributed by atoms with E-state index in [2.05, 4.69) is 10.6 Å². The number of hydrogen-bond acceptors (Lipinski definition) is 2. The van der Waals surface area contributed by atoms with Gasteiger partial charge in [-0.1, -0.05) is 0 Å². The van der Waals surface area contributed by atoms with E-state index in [-0.39, 0.29) is 23.3 Å². The highest BCUT2D eigenvalue weighted by atomic mass is 16.2. The Morgan fingerprint density at radius 3 is 1.96 bits per heavy atom. The lowest BCUT2D eigenvalue weighted by atomic mass is 9.53. The molecule has 5 aliphatic carbocycles. The van der Waals surface area contributed by atoms with E-state index in [1.165, 1.54) is 38.5 Å². The number of nitrogens with one attached hydrogen (secondary N) is 2. The van der Waals surface area contributed by atoms with Crippen LogP contribution >= 0.6 is 0 Å². The molecule has 4 nitrogen and oxygen atoms in total. The molecule has 4 bridgehead atoms. The first-order valence-electron chi connectivity index (χ1n) is 9.82.